The fourth-order valence-electron chi connectivity index (χ4n) is 12.6. The minimum atomic E-state index is -0.945. The molecular weight excluding hydrogens is 809 g/mol. The van der Waals surface area contributed by atoms with E-state index in [-0.39, 0.29) is 16.2 Å². The van der Waals surface area contributed by atoms with Crippen LogP contribution in [0.2, 0.25) is 0 Å². The van der Waals surface area contributed by atoms with Crippen LogP contribution in [0.4, 0.5) is 5.69 Å². The molecule has 6 heteroatoms. The quantitative estimate of drug-likeness (QED) is 0.166. The van der Waals surface area contributed by atoms with Crippen LogP contribution < -0.4 is 9.64 Å². The number of fused-ring (bicyclic) bond motifs is 10. The molecule has 1 unspecified atom stereocenters. The third kappa shape index (κ3) is 6.68. The molecule has 1 atom stereocenters. The molecule has 0 N–H and O–H groups in total. The van der Waals surface area contributed by atoms with E-state index in [1.54, 1.807) is 0 Å². The van der Waals surface area contributed by atoms with Crippen molar-refractivity contribution in [2.45, 2.75) is 58.0 Å². The lowest BCUT2D eigenvalue weighted by Gasteiger charge is -2.52. The van der Waals surface area contributed by atoms with Gasteiger partial charge in [0.05, 0.1) is 13.2 Å². The molecule has 0 bridgehead atoms. The van der Waals surface area contributed by atoms with Crippen LogP contribution in [0.15, 0.2) is 164 Å². The van der Waals surface area contributed by atoms with Gasteiger partial charge in [-0.05, 0) is 75.9 Å². The van der Waals surface area contributed by atoms with Crippen LogP contribution in [0.1, 0.15) is 74.8 Å². The number of anilines is 1. The van der Waals surface area contributed by atoms with Gasteiger partial charge in [-0.3, -0.25) is 0 Å². The van der Waals surface area contributed by atoms with Gasteiger partial charge in [0.1, 0.15) is 5.75 Å². The van der Waals surface area contributed by atoms with E-state index in [2.05, 4.69) is 142 Å². The number of aromatic nitrogens is 3. The molecule has 12 rings (SSSR count). The van der Waals surface area contributed by atoms with Gasteiger partial charge in [-0.15, -0.1) is 0 Å². The third-order valence-corrected chi connectivity index (χ3v) is 14.6. The van der Waals surface area contributed by atoms with Gasteiger partial charge in [-0.25, -0.2) is 15.0 Å². The van der Waals surface area contributed by atoms with E-state index >= 15 is 0 Å². The van der Waals surface area contributed by atoms with E-state index in [0.29, 0.717) is 17.5 Å². The highest BCUT2D eigenvalue weighted by molar-refractivity contribution is 6.08. The van der Waals surface area contributed by atoms with Crippen molar-refractivity contribution >= 4 is 22.5 Å². The van der Waals surface area contributed by atoms with Gasteiger partial charge in [0.15, 0.2) is 23.1 Å². The molecule has 7 aromatic carbocycles. The number of ether oxygens (including phenoxy) is 2. The second-order valence-corrected chi connectivity index (χ2v) is 20.5. The monoisotopic (exact) mass is 862 g/mol. The number of morpholine rings is 1. The summed E-state index contributed by atoms with van der Waals surface area (Å²) in [6.07, 6.45) is 8.10. The third-order valence-electron chi connectivity index (χ3n) is 14.6. The number of hydrogen-bond acceptors (Lipinski definition) is 6. The largest absolute Gasteiger partial charge is 0.472 e. The zero-order chi connectivity index (χ0) is 44.7. The van der Waals surface area contributed by atoms with E-state index in [4.69, 9.17) is 24.4 Å². The predicted octanol–water partition coefficient (Wildman–Crippen LogP) is 13.7. The van der Waals surface area contributed by atoms with Crippen molar-refractivity contribution in [3.63, 3.8) is 0 Å². The number of benzene rings is 7. The molecule has 1 aromatic heterocycles. The van der Waals surface area contributed by atoms with Gasteiger partial charge in [0.2, 0.25) is 0 Å². The molecule has 1 spiro atoms. The maximum Gasteiger partial charge on any atom is 0.178 e. The minimum absolute atomic E-state index is 0.143. The summed E-state index contributed by atoms with van der Waals surface area (Å²) in [5.41, 5.74) is 12.1. The van der Waals surface area contributed by atoms with E-state index in [1.807, 2.05) is 60.7 Å². The van der Waals surface area contributed by atoms with Crippen molar-refractivity contribution in [1.82, 2.24) is 15.0 Å². The number of rotatable bonds is 6. The molecule has 3 heterocycles. The normalized spacial score (nSPS) is 19.8. The summed E-state index contributed by atoms with van der Waals surface area (Å²) < 4.78 is 13.6. The minimum Gasteiger partial charge on any atom is -0.472 e. The Hall–Kier alpha value is -6.89. The number of hydrogen-bond donors (Lipinski definition) is 0. The van der Waals surface area contributed by atoms with Gasteiger partial charge in [-0.1, -0.05) is 179 Å². The Kier molecular flexibility index (Phi) is 9.45. The highest BCUT2D eigenvalue weighted by Gasteiger charge is 2.55. The molecule has 2 aliphatic heterocycles. The molecule has 0 radical (unpaired) electrons. The highest BCUT2D eigenvalue weighted by atomic mass is 16.5. The van der Waals surface area contributed by atoms with Crippen LogP contribution in [0, 0.1) is 10.8 Å². The lowest BCUT2D eigenvalue weighted by atomic mass is 9.52. The summed E-state index contributed by atoms with van der Waals surface area (Å²) in [5.74, 6) is 2.84. The van der Waals surface area contributed by atoms with E-state index < -0.39 is 5.60 Å². The molecule has 66 heavy (non-hydrogen) atoms. The van der Waals surface area contributed by atoms with Crippen LogP contribution in [0.25, 0.3) is 62.1 Å². The van der Waals surface area contributed by atoms with Crippen LogP contribution in [0.5, 0.6) is 5.75 Å². The van der Waals surface area contributed by atoms with Crippen molar-refractivity contribution in [2.75, 3.05) is 31.2 Å². The first kappa shape index (κ1) is 40.6. The van der Waals surface area contributed by atoms with Gasteiger partial charge in [0.25, 0.3) is 0 Å². The van der Waals surface area contributed by atoms with Crippen molar-refractivity contribution in [3.05, 3.63) is 192 Å². The topological polar surface area (TPSA) is 60.4 Å². The Bertz CT molecular complexity index is 3100. The highest BCUT2D eigenvalue weighted by Crippen LogP contribution is 2.66. The Balaban J connectivity index is 1.04. The average Bonchev–Trinajstić information content (AvgIpc) is 3.61. The standard InChI is InChI=1S/C60H54N4O2/c1-57(2)37-58(3,4)39-59(38-57)50-22-14-13-21-48(50)51-46-19-11-12-20-47(46)53-49(52(51)59)31-32-60(66-53,44-27-29-45(30-28-44)64-33-35-65-36-34-64)43-25-23-42(24-26-43)56-62-54(40-15-7-5-8-16-40)61-55(63-56)41-17-9-6-10-18-41/h5-32H,33-39H2,1-4H3. The first-order valence-electron chi connectivity index (χ1n) is 23.6. The molecule has 6 nitrogen and oxygen atoms in total. The second-order valence-electron chi connectivity index (χ2n) is 20.5. The number of nitrogens with zero attached hydrogens (tertiary/aromatic N) is 4. The second kappa shape index (κ2) is 15.4. The summed E-state index contributed by atoms with van der Waals surface area (Å²) in [4.78, 5) is 17.5. The Morgan fingerprint density at radius 1 is 0.515 bits per heavy atom. The average molecular weight is 863 g/mol. The summed E-state index contributed by atoms with van der Waals surface area (Å²) in [6.45, 7) is 13.1. The first-order valence-corrected chi connectivity index (χ1v) is 23.6. The molecule has 8 aromatic rings. The van der Waals surface area contributed by atoms with Gasteiger partial charge in [0, 0.05) is 63.0 Å². The van der Waals surface area contributed by atoms with Crippen molar-refractivity contribution in [1.29, 1.82) is 0 Å². The Morgan fingerprint density at radius 2 is 1.03 bits per heavy atom. The lowest BCUT2D eigenvalue weighted by Crippen LogP contribution is -2.44. The fraction of sp³-hybridized carbons (Fsp3) is 0.250. The molecule has 0 amide bonds. The van der Waals surface area contributed by atoms with Crippen LogP contribution >= 0.6 is 0 Å². The summed E-state index contributed by atoms with van der Waals surface area (Å²) in [6, 6.07) is 56.2. The van der Waals surface area contributed by atoms with E-state index in [1.165, 1.54) is 45.3 Å². The van der Waals surface area contributed by atoms with Crippen LogP contribution in [0.3, 0.4) is 0 Å². The maximum absolute atomic E-state index is 7.89. The smallest absolute Gasteiger partial charge is 0.178 e. The molecule has 2 aliphatic carbocycles. The first-order chi connectivity index (χ1) is 32.1. The van der Waals surface area contributed by atoms with Crippen molar-refractivity contribution in [3.8, 4) is 51.0 Å². The molecule has 326 valence electrons. The summed E-state index contributed by atoms with van der Waals surface area (Å²) in [5, 5.41) is 2.38. The Morgan fingerprint density at radius 3 is 1.64 bits per heavy atom. The van der Waals surface area contributed by atoms with Crippen molar-refractivity contribution < 1.29 is 9.47 Å². The SMILES string of the molecule is CC1(C)CC(C)(C)CC2(C1)c1ccccc1-c1c2c2c(c3ccccc13)OC(c1ccc(-c3nc(-c4ccccc4)nc(-c4ccccc4)n3)cc1)(c1ccc(N3CCOCC3)cc1)C=C2. The van der Waals surface area contributed by atoms with Gasteiger partial charge < -0.3 is 14.4 Å². The summed E-state index contributed by atoms with van der Waals surface area (Å²) in [7, 11) is 0. The molecule has 2 fully saturated rings. The maximum atomic E-state index is 7.89. The van der Waals surface area contributed by atoms with Gasteiger partial charge >= 0.3 is 0 Å². The zero-order valence-corrected chi connectivity index (χ0v) is 38.2. The van der Waals surface area contributed by atoms with E-state index in [9.17, 15) is 0 Å². The summed E-state index contributed by atoms with van der Waals surface area (Å²) >= 11 is 0. The zero-order valence-electron chi connectivity index (χ0n) is 38.2. The van der Waals surface area contributed by atoms with Crippen molar-refractivity contribution in [2.24, 2.45) is 10.8 Å². The van der Waals surface area contributed by atoms with Crippen LogP contribution in [-0.4, -0.2) is 41.3 Å². The molecule has 4 aliphatic rings. The van der Waals surface area contributed by atoms with Crippen LogP contribution in [-0.2, 0) is 15.8 Å². The lowest BCUT2D eigenvalue weighted by molar-refractivity contribution is 0.0642. The molecule has 1 saturated carbocycles. The molecule has 1 saturated heterocycles. The molecular formula is C60H54N4O2. The fourth-order valence-corrected chi connectivity index (χ4v) is 12.6. The Labute approximate surface area is 388 Å². The van der Waals surface area contributed by atoms with Gasteiger partial charge in [-0.2, -0.15) is 0 Å². The van der Waals surface area contributed by atoms with E-state index in [0.717, 1.165) is 78.1 Å². The predicted molar refractivity (Wildman–Crippen MR) is 268 cm³/mol.